The molecule has 23 heavy (non-hydrogen) atoms. The minimum atomic E-state index is -3.51. The lowest BCUT2D eigenvalue weighted by Gasteiger charge is -2.34. The summed E-state index contributed by atoms with van der Waals surface area (Å²) in [5.41, 5.74) is 1.01. The van der Waals surface area contributed by atoms with E-state index in [1.807, 2.05) is 6.92 Å². The van der Waals surface area contributed by atoms with Crippen molar-refractivity contribution in [2.24, 2.45) is 0 Å². The Kier molecular flexibility index (Phi) is 4.48. The topological polar surface area (TPSA) is 74.8 Å². The molecule has 2 saturated heterocycles. The monoisotopic (exact) mass is 354 g/mol. The summed E-state index contributed by atoms with van der Waals surface area (Å²) in [6.07, 6.45) is 0.978. The zero-order chi connectivity index (χ0) is 16.6. The molecule has 0 spiro atoms. The van der Waals surface area contributed by atoms with Gasteiger partial charge in [-0.2, -0.15) is 4.31 Å². The van der Waals surface area contributed by atoms with Gasteiger partial charge in [0.25, 0.3) is 5.24 Å². The highest BCUT2D eigenvalue weighted by Crippen LogP contribution is 2.28. The van der Waals surface area contributed by atoms with E-state index in [2.05, 4.69) is 0 Å². The lowest BCUT2D eigenvalue weighted by Crippen LogP contribution is -2.48. The molecule has 0 radical (unpaired) electrons. The number of rotatable bonds is 3. The van der Waals surface area contributed by atoms with Crippen LogP contribution in [0.5, 0.6) is 0 Å². The number of carbonyl (C=O) groups is 2. The van der Waals surface area contributed by atoms with E-state index in [4.69, 9.17) is 0 Å². The molecule has 2 aliphatic rings. The number of hydrogen-bond acceptors (Lipinski definition) is 5. The largest absolute Gasteiger partial charge is 0.289 e. The van der Waals surface area contributed by atoms with Gasteiger partial charge in [-0.3, -0.25) is 14.5 Å². The Morgan fingerprint density at radius 3 is 2.22 bits per heavy atom. The van der Waals surface area contributed by atoms with Crippen LogP contribution in [0.3, 0.4) is 0 Å². The predicted molar refractivity (Wildman–Crippen MR) is 87.7 cm³/mol. The van der Waals surface area contributed by atoms with Gasteiger partial charge in [0.15, 0.2) is 0 Å². The van der Waals surface area contributed by atoms with Gasteiger partial charge in [0.1, 0.15) is 0 Å². The maximum absolute atomic E-state index is 12.6. The molecule has 1 aromatic carbocycles. The summed E-state index contributed by atoms with van der Waals surface area (Å²) in [6, 6.07) is 6.59. The lowest BCUT2D eigenvalue weighted by atomic mass is 10.1. The summed E-state index contributed by atoms with van der Waals surface area (Å²) < 4.78 is 26.7. The molecule has 0 atom stereocenters. The molecule has 3 rings (SSSR count). The minimum Gasteiger partial charge on any atom is -0.273 e. The van der Waals surface area contributed by atoms with Gasteiger partial charge in [-0.1, -0.05) is 29.5 Å². The maximum atomic E-state index is 12.6. The summed E-state index contributed by atoms with van der Waals surface area (Å²) in [5.74, 6) is 0.0283. The summed E-state index contributed by atoms with van der Waals surface area (Å²) in [4.78, 5) is 25.1. The van der Waals surface area contributed by atoms with Crippen LogP contribution < -0.4 is 0 Å². The molecule has 2 heterocycles. The molecule has 0 N–H and O–H groups in total. The normalized spacial score (nSPS) is 21.2. The van der Waals surface area contributed by atoms with Crippen molar-refractivity contribution < 1.29 is 18.0 Å². The molecular formula is C15H18N2O4S2. The molecule has 2 aliphatic heterocycles. The number of carbonyl (C=O) groups excluding carboxylic acids is 2. The van der Waals surface area contributed by atoms with Crippen molar-refractivity contribution >= 4 is 32.9 Å². The second kappa shape index (κ2) is 6.26. The Balaban J connectivity index is 1.70. The Morgan fingerprint density at radius 1 is 1.09 bits per heavy atom. The third-order valence-corrected chi connectivity index (χ3v) is 6.98. The zero-order valence-corrected chi connectivity index (χ0v) is 14.4. The lowest BCUT2D eigenvalue weighted by molar-refractivity contribution is -0.126. The van der Waals surface area contributed by atoms with Crippen LogP contribution in [-0.4, -0.2) is 53.7 Å². The van der Waals surface area contributed by atoms with Crippen molar-refractivity contribution in [3.8, 4) is 0 Å². The maximum Gasteiger partial charge on any atom is 0.289 e. The Morgan fingerprint density at radius 2 is 1.70 bits per heavy atom. The second-order valence-corrected chi connectivity index (χ2v) is 8.63. The quantitative estimate of drug-likeness (QED) is 0.828. The highest BCUT2D eigenvalue weighted by atomic mass is 32.2. The first-order valence-corrected chi connectivity index (χ1v) is 9.88. The number of benzene rings is 1. The van der Waals surface area contributed by atoms with E-state index in [1.165, 1.54) is 9.21 Å². The molecule has 2 amide bonds. The van der Waals surface area contributed by atoms with Crippen LogP contribution in [0.25, 0.3) is 0 Å². The van der Waals surface area contributed by atoms with Crippen molar-refractivity contribution in [2.45, 2.75) is 30.7 Å². The summed E-state index contributed by atoms with van der Waals surface area (Å²) in [7, 11) is -3.51. The van der Waals surface area contributed by atoms with Gasteiger partial charge in [-0.15, -0.1) is 0 Å². The molecule has 0 saturated carbocycles. The first-order chi connectivity index (χ1) is 10.9. The Hall–Kier alpha value is -1.38. The number of thioether (sulfide) groups is 1. The van der Waals surface area contributed by atoms with Crippen LogP contribution >= 0.6 is 11.8 Å². The van der Waals surface area contributed by atoms with E-state index in [9.17, 15) is 18.0 Å². The molecule has 6 nitrogen and oxygen atoms in total. The third kappa shape index (κ3) is 3.15. The van der Waals surface area contributed by atoms with Crippen molar-refractivity contribution in [2.75, 3.05) is 18.8 Å². The number of amides is 2. The van der Waals surface area contributed by atoms with Crippen LogP contribution in [0.1, 0.15) is 18.4 Å². The molecule has 0 aliphatic carbocycles. The van der Waals surface area contributed by atoms with Gasteiger partial charge in [-0.05, 0) is 31.9 Å². The van der Waals surface area contributed by atoms with Crippen LogP contribution in [-0.2, 0) is 14.8 Å². The molecule has 1 aromatic rings. The van der Waals surface area contributed by atoms with Gasteiger partial charge in [0.2, 0.25) is 15.9 Å². The molecule has 0 aromatic heterocycles. The van der Waals surface area contributed by atoms with Gasteiger partial charge < -0.3 is 0 Å². The molecular weight excluding hydrogens is 336 g/mol. The second-order valence-electron chi connectivity index (χ2n) is 5.77. The van der Waals surface area contributed by atoms with E-state index in [-0.39, 0.29) is 27.8 Å². The van der Waals surface area contributed by atoms with Crippen molar-refractivity contribution in [3.05, 3.63) is 29.8 Å². The number of aryl methyl sites for hydroxylation is 1. The highest BCUT2D eigenvalue weighted by molar-refractivity contribution is 8.14. The fourth-order valence-corrected chi connectivity index (χ4v) is 5.16. The van der Waals surface area contributed by atoms with Crippen molar-refractivity contribution in [1.29, 1.82) is 0 Å². The molecule has 0 bridgehead atoms. The molecule has 2 fully saturated rings. The van der Waals surface area contributed by atoms with E-state index >= 15 is 0 Å². The van der Waals surface area contributed by atoms with E-state index < -0.39 is 10.0 Å². The van der Waals surface area contributed by atoms with Crippen LogP contribution in [0.2, 0.25) is 0 Å². The standard InChI is InChI=1S/C15H18N2O4S2/c1-11-2-4-13(5-3-11)23(20,21)16-8-6-12(7-9-16)17-14(18)10-22-15(17)19/h2-5,12H,6-10H2,1H3. The predicted octanol–water partition coefficient (Wildman–Crippen LogP) is 1.84. The van der Waals surface area contributed by atoms with E-state index in [0.717, 1.165) is 17.3 Å². The van der Waals surface area contributed by atoms with Crippen molar-refractivity contribution in [1.82, 2.24) is 9.21 Å². The number of nitrogens with zero attached hydrogens (tertiary/aromatic N) is 2. The zero-order valence-electron chi connectivity index (χ0n) is 12.8. The third-order valence-electron chi connectivity index (χ3n) is 4.23. The van der Waals surface area contributed by atoms with Crippen LogP contribution in [0, 0.1) is 6.92 Å². The Bertz CT molecular complexity index is 706. The average Bonchev–Trinajstić information content (AvgIpc) is 2.87. The van der Waals surface area contributed by atoms with Crippen LogP contribution in [0.4, 0.5) is 4.79 Å². The number of piperidine rings is 1. The summed E-state index contributed by atoms with van der Waals surface area (Å²) in [5, 5.41) is -0.213. The van der Waals surface area contributed by atoms with Gasteiger partial charge in [-0.25, -0.2) is 8.42 Å². The SMILES string of the molecule is Cc1ccc(S(=O)(=O)N2CCC(N3C(=O)CSC3=O)CC2)cc1. The van der Waals surface area contributed by atoms with E-state index in [1.54, 1.807) is 24.3 Å². The summed E-state index contributed by atoms with van der Waals surface area (Å²) in [6.45, 7) is 2.55. The Labute approximate surface area is 139 Å². The van der Waals surface area contributed by atoms with Gasteiger partial charge in [0.05, 0.1) is 10.6 Å². The molecule has 0 unspecified atom stereocenters. The molecule has 124 valence electrons. The number of imide groups is 1. The smallest absolute Gasteiger partial charge is 0.273 e. The fourth-order valence-electron chi connectivity index (χ4n) is 2.92. The van der Waals surface area contributed by atoms with Gasteiger partial charge >= 0.3 is 0 Å². The van der Waals surface area contributed by atoms with E-state index in [0.29, 0.717) is 25.9 Å². The first kappa shape index (κ1) is 16.5. The molecule has 8 heteroatoms. The highest BCUT2D eigenvalue weighted by Gasteiger charge is 2.39. The van der Waals surface area contributed by atoms with Crippen LogP contribution in [0.15, 0.2) is 29.2 Å². The number of hydrogen-bond donors (Lipinski definition) is 0. The van der Waals surface area contributed by atoms with Gasteiger partial charge in [0, 0.05) is 19.1 Å². The van der Waals surface area contributed by atoms with Crippen molar-refractivity contribution in [3.63, 3.8) is 0 Å². The minimum absolute atomic E-state index is 0.167. The first-order valence-electron chi connectivity index (χ1n) is 7.45. The average molecular weight is 354 g/mol. The fraction of sp³-hybridized carbons (Fsp3) is 0.467. The number of sulfonamides is 1. The summed E-state index contributed by atoms with van der Waals surface area (Å²) >= 11 is 1.02.